The fraction of sp³-hybridized carbons (Fsp3) is 0.357. The van der Waals surface area contributed by atoms with E-state index in [1.54, 1.807) is 0 Å². The molecule has 0 spiro atoms. The molecule has 2 aromatic rings. The van der Waals surface area contributed by atoms with E-state index in [9.17, 15) is 8.78 Å². The van der Waals surface area contributed by atoms with Gasteiger partial charge in [-0.25, -0.2) is 13.8 Å². The van der Waals surface area contributed by atoms with Crippen LogP contribution in [0.4, 0.5) is 8.78 Å². The van der Waals surface area contributed by atoms with E-state index in [0.717, 1.165) is 23.4 Å². The summed E-state index contributed by atoms with van der Waals surface area (Å²) in [6.45, 7) is 2.73. The summed E-state index contributed by atoms with van der Waals surface area (Å²) in [6, 6.07) is 3.89. The Labute approximate surface area is 115 Å². The Bertz CT molecular complexity index is 523. The molecule has 0 fully saturated rings. The summed E-state index contributed by atoms with van der Waals surface area (Å²) >= 11 is 1.35. The Balaban J connectivity index is 2.48. The minimum absolute atomic E-state index is 0.0211. The second kappa shape index (κ2) is 6.21. The maximum absolute atomic E-state index is 13.8. The van der Waals surface area contributed by atoms with Crippen LogP contribution in [-0.4, -0.2) is 12.0 Å². The van der Waals surface area contributed by atoms with Crippen molar-refractivity contribution in [3.8, 4) is 10.6 Å². The Morgan fingerprint density at radius 3 is 2.53 bits per heavy atom. The van der Waals surface area contributed by atoms with Gasteiger partial charge in [0.1, 0.15) is 16.6 Å². The van der Waals surface area contributed by atoms with E-state index in [4.69, 9.17) is 0 Å². The minimum atomic E-state index is -0.562. The second-order valence-electron chi connectivity index (χ2n) is 4.27. The predicted octanol–water partition coefficient (Wildman–Crippen LogP) is 3.76. The van der Waals surface area contributed by atoms with Crippen LogP contribution in [0.15, 0.2) is 18.2 Å². The molecule has 0 saturated heterocycles. The van der Waals surface area contributed by atoms with E-state index < -0.39 is 11.6 Å². The van der Waals surface area contributed by atoms with Gasteiger partial charge in [0.25, 0.3) is 0 Å². The van der Waals surface area contributed by atoms with E-state index in [1.807, 2.05) is 7.05 Å². The Morgan fingerprint density at radius 2 is 1.95 bits per heavy atom. The van der Waals surface area contributed by atoms with Crippen molar-refractivity contribution >= 4 is 11.3 Å². The normalized spacial score (nSPS) is 10.9. The van der Waals surface area contributed by atoms with Crippen LogP contribution in [0.25, 0.3) is 10.6 Å². The lowest BCUT2D eigenvalue weighted by Crippen LogP contribution is -2.05. The number of benzene rings is 1. The molecule has 1 aromatic carbocycles. The van der Waals surface area contributed by atoms with Crippen molar-refractivity contribution in [2.45, 2.75) is 26.3 Å². The van der Waals surface area contributed by atoms with Gasteiger partial charge in [-0.1, -0.05) is 19.4 Å². The number of hydrogen-bond donors (Lipinski definition) is 1. The van der Waals surface area contributed by atoms with Crippen molar-refractivity contribution in [2.24, 2.45) is 0 Å². The Hall–Kier alpha value is -1.33. The molecule has 0 amide bonds. The van der Waals surface area contributed by atoms with Gasteiger partial charge in [0.2, 0.25) is 0 Å². The molecule has 102 valence electrons. The first-order valence-electron chi connectivity index (χ1n) is 6.25. The number of aryl methyl sites for hydroxylation is 1. The molecule has 2 rings (SSSR count). The average molecular weight is 282 g/mol. The summed E-state index contributed by atoms with van der Waals surface area (Å²) in [4.78, 5) is 5.45. The maximum atomic E-state index is 13.8. The van der Waals surface area contributed by atoms with Crippen molar-refractivity contribution in [2.75, 3.05) is 7.05 Å². The summed E-state index contributed by atoms with van der Waals surface area (Å²) in [5.74, 6) is -1.12. The molecule has 0 radical (unpaired) electrons. The highest BCUT2D eigenvalue weighted by Gasteiger charge is 2.17. The molecule has 0 atom stereocenters. The van der Waals surface area contributed by atoms with E-state index >= 15 is 0 Å². The first-order chi connectivity index (χ1) is 9.17. The maximum Gasteiger partial charge on any atom is 0.136 e. The summed E-state index contributed by atoms with van der Waals surface area (Å²) in [6.07, 6.45) is 1.78. The third-order valence-corrected chi connectivity index (χ3v) is 3.89. The van der Waals surface area contributed by atoms with Gasteiger partial charge in [-0.05, 0) is 25.6 Å². The fourth-order valence-electron chi connectivity index (χ4n) is 1.92. The molecule has 0 unspecified atom stereocenters. The molecule has 0 aliphatic rings. The molecule has 19 heavy (non-hydrogen) atoms. The molecule has 0 bridgehead atoms. The highest BCUT2D eigenvalue weighted by atomic mass is 32.1. The van der Waals surface area contributed by atoms with Gasteiger partial charge in [-0.3, -0.25) is 0 Å². The molecule has 0 saturated carbocycles. The smallest absolute Gasteiger partial charge is 0.136 e. The SMILES string of the molecule is CCCc1nc(-c2c(F)cccc2F)sc1CNC. The van der Waals surface area contributed by atoms with Crippen LogP contribution in [0.5, 0.6) is 0 Å². The van der Waals surface area contributed by atoms with Crippen molar-refractivity contribution in [1.29, 1.82) is 0 Å². The number of hydrogen-bond acceptors (Lipinski definition) is 3. The molecule has 5 heteroatoms. The number of halogens is 2. The highest BCUT2D eigenvalue weighted by molar-refractivity contribution is 7.15. The number of rotatable bonds is 5. The summed E-state index contributed by atoms with van der Waals surface area (Å²) < 4.78 is 27.5. The first kappa shape index (κ1) is 14.1. The zero-order valence-electron chi connectivity index (χ0n) is 11.0. The van der Waals surface area contributed by atoms with E-state index in [-0.39, 0.29) is 5.56 Å². The summed E-state index contributed by atoms with van der Waals surface area (Å²) in [5.41, 5.74) is 0.909. The van der Waals surface area contributed by atoms with Gasteiger partial charge >= 0.3 is 0 Å². The van der Waals surface area contributed by atoms with Crippen LogP contribution in [0, 0.1) is 11.6 Å². The Kier molecular flexibility index (Phi) is 4.61. The Morgan fingerprint density at radius 1 is 1.26 bits per heavy atom. The largest absolute Gasteiger partial charge is 0.315 e. The molecule has 1 N–H and O–H groups in total. The lowest BCUT2D eigenvalue weighted by atomic mass is 10.2. The lowest BCUT2D eigenvalue weighted by molar-refractivity contribution is 0.589. The van der Waals surface area contributed by atoms with Crippen LogP contribution in [0.1, 0.15) is 23.9 Å². The summed E-state index contributed by atoms with van der Waals surface area (Å²) in [7, 11) is 1.85. The lowest BCUT2D eigenvalue weighted by Gasteiger charge is -1.99. The van der Waals surface area contributed by atoms with Gasteiger partial charge in [-0.2, -0.15) is 0 Å². The number of nitrogens with one attached hydrogen (secondary N) is 1. The van der Waals surface area contributed by atoms with Crippen molar-refractivity contribution in [3.63, 3.8) is 0 Å². The van der Waals surface area contributed by atoms with Crippen LogP contribution < -0.4 is 5.32 Å². The van der Waals surface area contributed by atoms with Gasteiger partial charge in [-0.15, -0.1) is 11.3 Å². The van der Waals surface area contributed by atoms with E-state index in [1.165, 1.54) is 29.5 Å². The van der Waals surface area contributed by atoms with E-state index in [2.05, 4.69) is 17.2 Å². The van der Waals surface area contributed by atoms with Crippen molar-refractivity contribution in [1.82, 2.24) is 10.3 Å². The third kappa shape index (κ3) is 2.98. The van der Waals surface area contributed by atoms with Gasteiger partial charge in [0, 0.05) is 11.4 Å². The predicted molar refractivity (Wildman–Crippen MR) is 74.2 cm³/mol. The van der Waals surface area contributed by atoms with Gasteiger partial charge < -0.3 is 5.32 Å². The molecular weight excluding hydrogens is 266 g/mol. The van der Waals surface area contributed by atoms with E-state index in [0.29, 0.717) is 11.6 Å². The topological polar surface area (TPSA) is 24.9 Å². The van der Waals surface area contributed by atoms with Gasteiger partial charge in [0.05, 0.1) is 11.3 Å². The first-order valence-corrected chi connectivity index (χ1v) is 7.06. The molecule has 0 aliphatic heterocycles. The highest BCUT2D eigenvalue weighted by Crippen LogP contribution is 2.32. The van der Waals surface area contributed by atoms with Crippen LogP contribution >= 0.6 is 11.3 Å². The van der Waals surface area contributed by atoms with Crippen LogP contribution in [0.3, 0.4) is 0 Å². The zero-order valence-corrected chi connectivity index (χ0v) is 11.8. The van der Waals surface area contributed by atoms with Gasteiger partial charge in [0.15, 0.2) is 0 Å². The third-order valence-electron chi connectivity index (χ3n) is 2.78. The fourth-order valence-corrected chi connectivity index (χ4v) is 3.09. The molecular formula is C14H16F2N2S. The number of thiazole rings is 1. The molecule has 2 nitrogen and oxygen atoms in total. The standard InChI is InChI=1S/C14H16F2N2S/c1-3-5-11-12(8-17-2)19-14(18-11)13-9(15)6-4-7-10(13)16/h4,6-7,17H,3,5,8H2,1-2H3. The number of aromatic nitrogens is 1. The number of nitrogens with zero attached hydrogens (tertiary/aromatic N) is 1. The average Bonchev–Trinajstić information content (AvgIpc) is 2.73. The zero-order chi connectivity index (χ0) is 13.8. The van der Waals surface area contributed by atoms with Crippen molar-refractivity contribution in [3.05, 3.63) is 40.4 Å². The second-order valence-corrected chi connectivity index (χ2v) is 5.35. The molecule has 1 heterocycles. The quantitative estimate of drug-likeness (QED) is 0.903. The van der Waals surface area contributed by atoms with Crippen molar-refractivity contribution < 1.29 is 8.78 Å². The van der Waals surface area contributed by atoms with Crippen LogP contribution in [0.2, 0.25) is 0 Å². The molecule has 0 aliphatic carbocycles. The molecule has 1 aromatic heterocycles. The minimum Gasteiger partial charge on any atom is -0.315 e. The monoisotopic (exact) mass is 282 g/mol. The van der Waals surface area contributed by atoms with Crippen LogP contribution in [-0.2, 0) is 13.0 Å². The summed E-state index contributed by atoms with van der Waals surface area (Å²) in [5, 5.41) is 3.48.